The Hall–Kier alpha value is -0.550. The fourth-order valence-electron chi connectivity index (χ4n) is 2.50. The van der Waals surface area contributed by atoms with Crippen LogP contribution in [0, 0.1) is 12.8 Å². The van der Waals surface area contributed by atoms with Crippen molar-refractivity contribution in [2.45, 2.75) is 56.0 Å². The highest BCUT2D eigenvalue weighted by Crippen LogP contribution is 2.36. The number of hydrogen-bond donors (Lipinski definition) is 1. The van der Waals surface area contributed by atoms with Crippen molar-refractivity contribution >= 4 is 11.8 Å². The number of rotatable bonds is 4. The van der Waals surface area contributed by atoms with Gasteiger partial charge in [-0.2, -0.15) is 0 Å². The first kappa shape index (κ1) is 12.9. The smallest absolute Gasteiger partial charge is 0.276 e. The van der Waals surface area contributed by atoms with Gasteiger partial charge in [0.25, 0.3) is 5.22 Å². The van der Waals surface area contributed by atoms with Crippen molar-refractivity contribution in [2.24, 2.45) is 5.92 Å². The third kappa shape index (κ3) is 3.22. The average Bonchev–Trinajstić information content (AvgIpc) is 2.74. The molecule has 0 saturated heterocycles. The molecule has 1 aliphatic rings. The predicted octanol–water partition coefficient (Wildman–Crippen LogP) is 2.64. The number of hydrogen-bond acceptors (Lipinski definition) is 5. The van der Waals surface area contributed by atoms with Crippen molar-refractivity contribution < 1.29 is 4.42 Å². The molecule has 0 radical (unpaired) electrons. The molecule has 3 unspecified atom stereocenters. The summed E-state index contributed by atoms with van der Waals surface area (Å²) in [6.45, 7) is 4.12. The van der Waals surface area contributed by atoms with Crippen molar-refractivity contribution in [3.05, 3.63) is 5.89 Å². The summed E-state index contributed by atoms with van der Waals surface area (Å²) >= 11 is 1.73. The minimum absolute atomic E-state index is 0.554. The fourth-order valence-corrected chi connectivity index (χ4v) is 3.82. The zero-order chi connectivity index (χ0) is 12.3. The molecule has 3 atom stereocenters. The van der Waals surface area contributed by atoms with Gasteiger partial charge in [0, 0.05) is 18.2 Å². The molecule has 1 aromatic heterocycles. The first-order valence-electron chi connectivity index (χ1n) is 6.37. The van der Waals surface area contributed by atoms with Gasteiger partial charge in [0.1, 0.15) is 0 Å². The molecular formula is C12H21N3OS. The molecule has 5 heteroatoms. The third-order valence-electron chi connectivity index (χ3n) is 3.61. The second-order valence-corrected chi connectivity index (χ2v) is 5.92. The Morgan fingerprint density at radius 2 is 2.24 bits per heavy atom. The molecule has 0 spiro atoms. The molecule has 17 heavy (non-hydrogen) atoms. The molecule has 1 heterocycles. The van der Waals surface area contributed by atoms with Crippen molar-refractivity contribution in [3.8, 4) is 0 Å². The maximum Gasteiger partial charge on any atom is 0.276 e. The normalized spacial score (nSPS) is 29.5. The molecule has 0 bridgehead atoms. The van der Waals surface area contributed by atoms with Gasteiger partial charge in [-0.1, -0.05) is 25.1 Å². The predicted molar refractivity (Wildman–Crippen MR) is 69.2 cm³/mol. The van der Waals surface area contributed by atoms with E-state index in [2.05, 4.69) is 22.4 Å². The fraction of sp³-hybridized carbons (Fsp3) is 0.833. The number of nitrogens with zero attached hydrogens (tertiary/aromatic N) is 2. The quantitative estimate of drug-likeness (QED) is 0.896. The van der Waals surface area contributed by atoms with E-state index in [1.165, 1.54) is 25.7 Å². The lowest BCUT2D eigenvalue weighted by Gasteiger charge is -2.34. The minimum Gasteiger partial charge on any atom is -0.416 e. The molecule has 0 amide bonds. The van der Waals surface area contributed by atoms with E-state index in [-0.39, 0.29) is 0 Å². The van der Waals surface area contributed by atoms with E-state index in [1.54, 1.807) is 11.8 Å². The molecule has 1 fully saturated rings. The summed E-state index contributed by atoms with van der Waals surface area (Å²) in [6.07, 6.45) is 5.10. The lowest BCUT2D eigenvalue weighted by molar-refractivity contribution is 0.302. The van der Waals surface area contributed by atoms with Crippen LogP contribution in [0.1, 0.15) is 38.5 Å². The summed E-state index contributed by atoms with van der Waals surface area (Å²) in [7, 11) is 2.05. The average molecular weight is 255 g/mol. The van der Waals surface area contributed by atoms with E-state index < -0.39 is 0 Å². The Morgan fingerprint density at radius 3 is 2.82 bits per heavy atom. The summed E-state index contributed by atoms with van der Waals surface area (Å²) < 4.78 is 5.46. The van der Waals surface area contributed by atoms with E-state index in [0.29, 0.717) is 22.4 Å². The molecule has 2 rings (SSSR count). The molecule has 0 aliphatic heterocycles. The molecule has 1 saturated carbocycles. The van der Waals surface area contributed by atoms with Crippen molar-refractivity contribution in [2.75, 3.05) is 7.05 Å². The van der Waals surface area contributed by atoms with Crippen LogP contribution in [0.2, 0.25) is 0 Å². The van der Waals surface area contributed by atoms with Gasteiger partial charge in [-0.05, 0) is 32.2 Å². The maximum absolute atomic E-state index is 5.46. The summed E-state index contributed by atoms with van der Waals surface area (Å²) in [5.74, 6) is 1.50. The summed E-state index contributed by atoms with van der Waals surface area (Å²) in [5, 5.41) is 12.6. The number of aromatic nitrogens is 2. The molecule has 4 nitrogen and oxygen atoms in total. The monoisotopic (exact) mass is 255 g/mol. The van der Waals surface area contributed by atoms with E-state index in [9.17, 15) is 0 Å². The largest absolute Gasteiger partial charge is 0.416 e. The SMILES string of the molecule is CCC1CCC(NC)C(Sc2nnc(C)o2)C1. The van der Waals surface area contributed by atoms with Crippen LogP contribution in [0.15, 0.2) is 9.64 Å². The number of nitrogens with one attached hydrogen (secondary N) is 1. The van der Waals surface area contributed by atoms with Crippen LogP contribution in [0.25, 0.3) is 0 Å². The van der Waals surface area contributed by atoms with Crippen LogP contribution >= 0.6 is 11.8 Å². The molecular weight excluding hydrogens is 234 g/mol. The van der Waals surface area contributed by atoms with Crippen LogP contribution in [0.4, 0.5) is 0 Å². The third-order valence-corrected chi connectivity index (χ3v) is 4.80. The highest BCUT2D eigenvalue weighted by Gasteiger charge is 2.30. The van der Waals surface area contributed by atoms with E-state index in [0.717, 1.165) is 5.92 Å². The summed E-state index contributed by atoms with van der Waals surface area (Å²) in [6, 6.07) is 0.565. The Bertz CT molecular complexity index is 355. The maximum atomic E-state index is 5.46. The van der Waals surface area contributed by atoms with Gasteiger partial charge in [-0.25, -0.2) is 0 Å². The molecule has 0 aromatic carbocycles. The van der Waals surface area contributed by atoms with Gasteiger partial charge >= 0.3 is 0 Å². The second kappa shape index (κ2) is 5.87. The number of aryl methyl sites for hydroxylation is 1. The van der Waals surface area contributed by atoms with Gasteiger partial charge in [-0.15, -0.1) is 10.2 Å². The first-order valence-corrected chi connectivity index (χ1v) is 7.25. The Kier molecular flexibility index (Phi) is 4.45. The van der Waals surface area contributed by atoms with E-state index >= 15 is 0 Å². The van der Waals surface area contributed by atoms with Gasteiger partial charge < -0.3 is 9.73 Å². The summed E-state index contributed by atoms with van der Waals surface area (Å²) in [5.41, 5.74) is 0. The molecule has 1 aliphatic carbocycles. The molecule has 1 aromatic rings. The van der Waals surface area contributed by atoms with Crippen LogP contribution in [0.5, 0.6) is 0 Å². The van der Waals surface area contributed by atoms with Crippen LogP contribution < -0.4 is 5.32 Å². The van der Waals surface area contributed by atoms with Crippen LogP contribution in [-0.2, 0) is 0 Å². The van der Waals surface area contributed by atoms with Crippen LogP contribution in [-0.4, -0.2) is 28.5 Å². The van der Waals surface area contributed by atoms with Crippen molar-refractivity contribution in [1.29, 1.82) is 0 Å². The van der Waals surface area contributed by atoms with Crippen molar-refractivity contribution in [1.82, 2.24) is 15.5 Å². The number of thioether (sulfide) groups is 1. The lowest BCUT2D eigenvalue weighted by atomic mass is 9.84. The second-order valence-electron chi connectivity index (χ2n) is 4.73. The van der Waals surface area contributed by atoms with Gasteiger partial charge in [0.05, 0.1) is 0 Å². The minimum atomic E-state index is 0.554. The molecule has 1 N–H and O–H groups in total. The first-order chi connectivity index (χ1) is 8.22. The molecule has 96 valence electrons. The van der Waals surface area contributed by atoms with Gasteiger partial charge in [0.2, 0.25) is 5.89 Å². The van der Waals surface area contributed by atoms with E-state index in [1.807, 2.05) is 14.0 Å². The van der Waals surface area contributed by atoms with Gasteiger partial charge in [-0.3, -0.25) is 0 Å². The lowest BCUT2D eigenvalue weighted by Crippen LogP contribution is -2.40. The standard InChI is InChI=1S/C12H21N3OS/c1-4-9-5-6-10(13-3)11(7-9)17-12-15-14-8(2)16-12/h9-11,13H,4-7H2,1-3H3. The highest BCUT2D eigenvalue weighted by molar-refractivity contribution is 7.99. The Morgan fingerprint density at radius 1 is 1.41 bits per heavy atom. The zero-order valence-corrected chi connectivity index (χ0v) is 11.6. The van der Waals surface area contributed by atoms with E-state index in [4.69, 9.17) is 4.42 Å². The zero-order valence-electron chi connectivity index (χ0n) is 10.8. The van der Waals surface area contributed by atoms with Crippen LogP contribution in [0.3, 0.4) is 0 Å². The highest BCUT2D eigenvalue weighted by atomic mass is 32.2. The van der Waals surface area contributed by atoms with Gasteiger partial charge in [0.15, 0.2) is 0 Å². The summed E-state index contributed by atoms with van der Waals surface area (Å²) in [4.78, 5) is 0. The topological polar surface area (TPSA) is 51.0 Å². The van der Waals surface area contributed by atoms with Crippen molar-refractivity contribution in [3.63, 3.8) is 0 Å². The Labute approximate surface area is 107 Å². The Balaban J connectivity index is 2.00.